The van der Waals surface area contributed by atoms with Gasteiger partial charge in [0.1, 0.15) is 11.9 Å². The van der Waals surface area contributed by atoms with Crippen LogP contribution in [0.25, 0.3) is 0 Å². The molecule has 2 heterocycles. The zero-order valence-electron chi connectivity index (χ0n) is 17.9. The molecule has 3 aromatic rings. The first-order valence-corrected chi connectivity index (χ1v) is 12.0. The van der Waals surface area contributed by atoms with E-state index in [-0.39, 0.29) is 17.3 Å². The normalized spacial score (nSPS) is 18.0. The van der Waals surface area contributed by atoms with Crippen molar-refractivity contribution in [2.45, 2.75) is 50.5 Å². The van der Waals surface area contributed by atoms with Crippen LogP contribution >= 0.6 is 11.6 Å². The molecule has 0 saturated heterocycles. The molecule has 0 radical (unpaired) electrons. The van der Waals surface area contributed by atoms with Crippen LogP contribution in [0.3, 0.4) is 0 Å². The van der Waals surface area contributed by atoms with Gasteiger partial charge < -0.3 is 4.42 Å². The molecule has 0 fully saturated rings. The average Bonchev–Trinajstić information content (AvgIpc) is 3.10. The van der Waals surface area contributed by atoms with Gasteiger partial charge in [0.2, 0.25) is 15.9 Å². The predicted octanol–water partition coefficient (Wildman–Crippen LogP) is 4.25. The van der Waals surface area contributed by atoms with Gasteiger partial charge in [-0.3, -0.25) is 0 Å². The molecular formula is C22H23ClFN3O4S. The van der Waals surface area contributed by atoms with Crippen molar-refractivity contribution < 1.29 is 17.2 Å². The fraction of sp³-hybridized carbons (Fsp3) is 0.364. The van der Waals surface area contributed by atoms with Gasteiger partial charge in [-0.15, -0.1) is 5.10 Å². The fourth-order valence-corrected chi connectivity index (χ4v) is 6.55. The summed E-state index contributed by atoms with van der Waals surface area (Å²) >= 11 is 6.09. The summed E-state index contributed by atoms with van der Waals surface area (Å²) in [7, 11) is -4.03. The van der Waals surface area contributed by atoms with Crippen molar-refractivity contribution in [2.75, 3.05) is 6.54 Å². The second kappa shape index (κ2) is 8.46. The second-order valence-corrected chi connectivity index (χ2v) is 10.4. The molecule has 2 atom stereocenters. The van der Waals surface area contributed by atoms with Gasteiger partial charge in [-0.25, -0.2) is 22.7 Å². The highest BCUT2D eigenvalue weighted by Gasteiger charge is 2.42. The molecule has 1 aliphatic rings. The maximum Gasteiger partial charge on any atom is 0.434 e. The van der Waals surface area contributed by atoms with Crippen molar-refractivity contribution in [1.82, 2.24) is 14.5 Å². The van der Waals surface area contributed by atoms with E-state index in [4.69, 9.17) is 16.0 Å². The minimum absolute atomic E-state index is 0.108. The zero-order valence-corrected chi connectivity index (χ0v) is 19.4. The predicted molar refractivity (Wildman–Crippen MR) is 118 cm³/mol. The van der Waals surface area contributed by atoms with Gasteiger partial charge in [0, 0.05) is 17.5 Å². The summed E-state index contributed by atoms with van der Waals surface area (Å²) in [5.41, 5.74) is 2.55. The lowest BCUT2D eigenvalue weighted by Crippen LogP contribution is -2.38. The second-order valence-electron chi connectivity index (χ2n) is 8.06. The van der Waals surface area contributed by atoms with Crippen molar-refractivity contribution in [3.05, 3.63) is 79.9 Å². The molecule has 1 aromatic heterocycles. The van der Waals surface area contributed by atoms with Crippen LogP contribution in [0.15, 0.2) is 44.4 Å². The van der Waals surface area contributed by atoms with E-state index in [0.717, 1.165) is 5.56 Å². The molecule has 1 N–H and O–H groups in total. The number of hydrogen-bond donors (Lipinski definition) is 1. The Labute approximate surface area is 190 Å². The van der Waals surface area contributed by atoms with Gasteiger partial charge >= 0.3 is 5.76 Å². The van der Waals surface area contributed by atoms with Gasteiger partial charge in [-0.2, -0.15) is 4.31 Å². The lowest BCUT2D eigenvalue weighted by molar-refractivity contribution is 0.240. The maximum absolute atomic E-state index is 15.0. The number of hydrogen-bond acceptors (Lipinski definition) is 5. The molecule has 0 amide bonds. The Morgan fingerprint density at radius 2 is 2.00 bits per heavy atom. The number of rotatable bonds is 4. The Hall–Kier alpha value is -2.49. The van der Waals surface area contributed by atoms with Crippen LogP contribution in [0, 0.1) is 19.7 Å². The monoisotopic (exact) mass is 479 g/mol. The van der Waals surface area contributed by atoms with Crippen molar-refractivity contribution >= 4 is 21.6 Å². The minimum atomic E-state index is -4.03. The first-order valence-electron chi connectivity index (χ1n) is 10.2. The number of halogens is 2. The molecule has 170 valence electrons. The van der Waals surface area contributed by atoms with E-state index in [1.807, 2.05) is 6.92 Å². The van der Waals surface area contributed by atoms with Gasteiger partial charge in [-0.05, 0) is 73.2 Å². The Morgan fingerprint density at radius 3 is 2.69 bits per heavy atom. The molecule has 1 unspecified atom stereocenters. The molecule has 0 spiro atoms. The minimum Gasteiger partial charge on any atom is -0.391 e. The fourth-order valence-electron chi connectivity index (χ4n) is 4.43. The summed E-state index contributed by atoms with van der Waals surface area (Å²) in [5, 5.41) is 6.58. The van der Waals surface area contributed by atoms with E-state index in [0.29, 0.717) is 34.6 Å². The Balaban J connectivity index is 1.91. The SMILES string of the molecule is Cc1ccc(F)c(C(C)[C@@H](c2n[nH]c(=O)o2)N2CCCc3cc(Cl)ccc3S2(=O)=O)c1C. The highest BCUT2D eigenvalue weighted by atomic mass is 35.5. The Kier molecular flexibility index (Phi) is 6.00. The number of sulfonamides is 1. The third-order valence-corrected chi connectivity index (χ3v) is 8.33. The number of H-pyrrole nitrogens is 1. The van der Waals surface area contributed by atoms with E-state index in [1.54, 1.807) is 26.0 Å². The van der Waals surface area contributed by atoms with Crippen LogP contribution in [-0.2, 0) is 16.4 Å². The molecule has 0 bridgehead atoms. The van der Waals surface area contributed by atoms with Crippen molar-refractivity contribution in [3.63, 3.8) is 0 Å². The number of aryl methyl sites for hydroxylation is 2. The van der Waals surface area contributed by atoms with Crippen LogP contribution in [0.5, 0.6) is 0 Å². The number of aromatic amines is 1. The van der Waals surface area contributed by atoms with Gasteiger partial charge in [0.15, 0.2) is 0 Å². The van der Waals surface area contributed by atoms with Gasteiger partial charge in [-0.1, -0.05) is 24.6 Å². The summed E-state index contributed by atoms with van der Waals surface area (Å²) in [6.45, 7) is 5.51. The van der Waals surface area contributed by atoms with E-state index in [9.17, 15) is 17.6 Å². The van der Waals surface area contributed by atoms with Crippen LogP contribution in [-0.4, -0.2) is 29.5 Å². The highest BCUT2D eigenvalue weighted by Crippen LogP contribution is 2.42. The largest absolute Gasteiger partial charge is 0.434 e. The quantitative estimate of drug-likeness (QED) is 0.603. The zero-order chi connectivity index (χ0) is 23.2. The standard InChI is InChI=1S/C22H23ClFN3O4S/c1-12-6-8-17(24)19(13(12)2)14(3)20(21-25-26-22(28)31-21)27-10-4-5-15-11-16(23)7-9-18(15)32(27,29)30/h6-9,11,14,20H,4-5,10H2,1-3H3,(H,26,28)/t14?,20-/m0/s1. The molecule has 1 aliphatic heterocycles. The first kappa shape index (κ1) is 22.7. The highest BCUT2D eigenvalue weighted by molar-refractivity contribution is 7.89. The van der Waals surface area contributed by atoms with Crippen LogP contribution in [0.4, 0.5) is 4.39 Å². The van der Waals surface area contributed by atoms with Crippen LogP contribution in [0.2, 0.25) is 5.02 Å². The van der Waals surface area contributed by atoms with E-state index >= 15 is 0 Å². The summed E-state index contributed by atoms with van der Waals surface area (Å²) in [6, 6.07) is 6.66. The number of aromatic nitrogens is 2. The summed E-state index contributed by atoms with van der Waals surface area (Å²) < 4.78 is 49.0. The summed E-state index contributed by atoms with van der Waals surface area (Å²) in [5.74, 6) is -2.06. The van der Waals surface area contributed by atoms with Gasteiger partial charge in [0.25, 0.3) is 0 Å². The number of benzene rings is 2. The molecule has 4 rings (SSSR count). The molecule has 0 saturated carbocycles. The first-order chi connectivity index (χ1) is 15.1. The van der Waals surface area contributed by atoms with E-state index < -0.39 is 33.6 Å². The summed E-state index contributed by atoms with van der Waals surface area (Å²) in [4.78, 5) is 11.9. The van der Waals surface area contributed by atoms with Gasteiger partial charge in [0.05, 0.1) is 4.90 Å². The van der Waals surface area contributed by atoms with Crippen LogP contribution < -0.4 is 5.76 Å². The molecule has 10 heteroatoms. The molecule has 2 aromatic carbocycles. The summed E-state index contributed by atoms with van der Waals surface area (Å²) in [6.07, 6.45) is 1.02. The number of nitrogens with zero attached hydrogens (tertiary/aromatic N) is 2. The molecule has 0 aliphatic carbocycles. The Morgan fingerprint density at radius 1 is 1.25 bits per heavy atom. The maximum atomic E-state index is 15.0. The van der Waals surface area contributed by atoms with E-state index in [2.05, 4.69) is 10.2 Å². The lowest BCUT2D eigenvalue weighted by atomic mass is 9.87. The van der Waals surface area contributed by atoms with Crippen molar-refractivity contribution in [2.24, 2.45) is 0 Å². The smallest absolute Gasteiger partial charge is 0.391 e. The van der Waals surface area contributed by atoms with Crippen LogP contribution in [0.1, 0.15) is 53.4 Å². The third kappa shape index (κ3) is 3.89. The lowest BCUT2D eigenvalue weighted by Gasteiger charge is -2.33. The molecule has 7 nitrogen and oxygen atoms in total. The average molecular weight is 480 g/mol. The molecule has 32 heavy (non-hydrogen) atoms. The number of fused-ring (bicyclic) bond motifs is 1. The Bertz CT molecular complexity index is 1340. The van der Waals surface area contributed by atoms with E-state index in [1.165, 1.54) is 22.5 Å². The van der Waals surface area contributed by atoms with Crippen molar-refractivity contribution in [3.8, 4) is 0 Å². The topological polar surface area (TPSA) is 96.3 Å². The van der Waals surface area contributed by atoms with Crippen molar-refractivity contribution in [1.29, 1.82) is 0 Å². The third-order valence-electron chi connectivity index (χ3n) is 6.11. The number of nitrogens with one attached hydrogen (secondary N) is 1. The molecular weight excluding hydrogens is 457 g/mol.